The van der Waals surface area contributed by atoms with E-state index in [0.29, 0.717) is 18.1 Å². The van der Waals surface area contributed by atoms with Crippen molar-refractivity contribution in [2.75, 3.05) is 18.5 Å². The third-order valence-corrected chi connectivity index (χ3v) is 8.07. The number of halogens is 2. The molecule has 0 saturated carbocycles. The highest BCUT2D eigenvalue weighted by atomic mass is 32.2. The van der Waals surface area contributed by atoms with Gasteiger partial charge in [0.25, 0.3) is 11.8 Å². The van der Waals surface area contributed by atoms with E-state index in [0.717, 1.165) is 6.92 Å². The number of alkyl halides is 2. The number of hydrogen-bond donors (Lipinski definition) is 0. The van der Waals surface area contributed by atoms with Crippen molar-refractivity contribution >= 4 is 27.5 Å². The smallest absolute Gasteiger partial charge is 0.270 e. The molecule has 2 aliphatic heterocycles. The third-order valence-electron chi connectivity index (χ3n) is 6.25. The van der Waals surface area contributed by atoms with Gasteiger partial charge in [-0.2, -0.15) is 5.10 Å². The van der Waals surface area contributed by atoms with Gasteiger partial charge in [-0.15, -0.1) is 0 Å². The molecule has 1 amide bonds. The Balaban J connectivity index is 1.69. The van der Waals surface area contributed by atoms with E-state index in [1.54, 1.807) is 30.1 Å². The van der Waals surface area contributed by atoms with Gasteiger partial charge in [0, 0.05) is 19.5 Å². The average molecular weight is 514 g/mol. The molecule has 0 fully saturated rings. The Morgan fingerprint density at radius 3 is 2.31 bits per heavy atom. The van der Waals surface area contributed by atoms with Crippen LogP contribution in [0, 0.1) is 0 Å². The van der Waals surface area contributed by atoms with Gasteiger partial charge in [-0.1, -0.05) is 42.5 Å². The van der Waals surface area contributed by atoms with Gasteiger partial charge in [0.05, 0.1) is 23.5 Å². The van der Waals surface area contributed by atoms with Gasteiger partial charge in [0.15, 0.2) is 10.8 Å². The van der Waals surface area contributed by atoms with Crippen molar-refractivity contribution in [1.29, 1.82) is 0 Å². The van der Waals surface area contributed by atoms with Crippen molar-refractivity contribution in [1.82, 2.24) is 14.7 Å². The number of benzene rings is 2. The number of sulfone groups is 1. The van der Waals surface area contributed by atoms with E-state index in [2.05, 4.69) is 10.1 Å². The summed E-state index contributed by atoms with van der Waals surface area (Å²) in [5, 5.41) is 4.35. The summed E-state index contributed by atoms with van der Waals surface area (Å²) in [7, 11) is -2.61. The van der Waals surface area contributed by atoms with Crippen LogP contribution in [0.5, 0.6) is 0 Å². The minimum absolute atomic E-state index is 0.0200. The molecule has 36 heavy (non-hydrogen) atoms. The van der Waals surface area contributed by atoms with E-state index in [1.165, 1.54) is 46.0 Å². The molecule has 3 heterocycles. The van der Waals surface area contributed by atoms with Crippen LogP contribution in [0.4, 0.5) is 14.6 Å². The van der Waals surface area contributed by atoms with Crippen LogP contribution in [0.15, 0.2) is 69.5 Å². The number of nitrogens with zero attached hydrogens (tertiary/aromatic N) is 5. The third kappa shape index (κ3) is 3.87. The van der Waals surface area contributed by atoms with E-state index < -0.39 is 27.2 Å². The molecular weight excluding hydrogens is 488 g/mol. The Bertz CT molecular complexity index is 1490. The molecule has 0 spiro atoms. The lowest BCUT2D eigenvalue weighted by Gasteiger charge is -2.30. The highest BCUT2D eigenvalue weighted by Crippen LogP contribution is 2.39. The molecule has 0 aliphatic carbocycles. The maximum absolute atomic E-state index is 13.9. The number of aromatic nitrogens is 2. The number of carbonyl (C=O) groups excluding carboxylic acids is 1. The molecular formula is C25H25F2N5O3S. The Hall–Kier alpha value is -3.60. The number of amides is 1. The topological polar surface area (TPSA) is 87.9 Å². The summed E-state index contributed by atoms with van der Waals surface area (Å²) in [6.45, 7) is 5.02. The van der Waals surface area contributed by atoms with Crippen LogP contribution in [0.25, 0.3) is 0 Å². The van der Waals surface area contributed by atoms with Crippen LogP contribution in [-0.2, 0) is 22.3 Å². The fourth-order valence-corrected chi connectivity index (χ4v) is 6.05. The van der Waals surface area contributed by atoms with Crippen molar-refractivity contribution in [3.63, 3.8) is 0 Å². The molecule has 0 saturated heterocycles. The van der Waals surface area contributed by atoms with Crippen molar-refractivity contribution in [2.24, 2.45) is 4.99 Å². The molecule has 2 aromatic carbocycles. The number of hydrogen-bond acceptors (Lipinski definition) is 6. The molecule has 1 aromatic heterocycles. The van der Waals surface area contributed by atoms with E-state index in [4.69, 9.17) is 0 Å². The number of anilines is 1. The van der Waals surface area contributed by atoms with Gasteiger partial charge in [0.1, 0.15) is 5.56 Å². The minimum Gasteiger partial charge on any atom is -0.292 e. The molecule has 8 nitrogen and oxygen atoms in total. The van der Waals surface area contributed by atoms with Crippen molar-refractivity contribution in [3.8, 4) is 0 Å². The molecule has 2 aliphatic rings. The summed E-state index contributed by atoms with van der Waals surface area (Å²) in [5.41, 5.74) is -0.131. The second-order valence-corrected chi connectivity index (χ2v) is 11.6. The van der Waals surface area contributed by atoms with E-state index in [9.17, 15) is 22.0 Å². The molecule has 0 N–H and O–H groups in total. The summed E-state index contributed by atoms with van der Waals surface area (Å²) in [6.07, 6.45) is 0. The summed E-state index contributed by atoms with van der Waals surface area (Å²) in [4.78, 5) is 21.2. The maximum Gasteiger partial charge on any atom is 0.270 e. The van der Waals surface area contributed by atoms with Gasteiger partial charge >= 0.3 is 0 Å². The summed E-state index contributed by atoms with van der Waals surface area (Å²) >= 11 is 0. The largest absolute Gasteiger partial charge is 0.292 e. The SMILES string of the molecule is CN1C(=O)c2c(nn(Cc3ccc(C(C)(F)F)cc3)c2S(=O)(=O)c2ccccc2)N2CC(C)(C)N=C12. The second kappa shape index (κ2) is 7.95. The fraction of sp³-hybridized carbons (Fsp3) is 0.320. The number of aliphatic imine (C=N–C) groups is 1. The van der Waals surface area contributed by atoms with Gasteiger partial charge in [-0.3, -0.25) is 14.6 Å². The first-order chi connectivity index (χ1) is 16.8. The number of carbonyl (C=O) groups is 1. The van der Waals surface area contributed by atoms with Crippen LogP contribution < -0.4 is 4.90 Å². The van der Waals surface area contributed by atoms with Crippen LogP contribution >= 0.6 is 0 Å². The van der Waals surface area contributed by atoms with Gasteiger partial charge in [0.2, 0.25) is 15.8 Å². The zero-order valence-electron chi connectivity index (χ0n) is 20.2. The molecule has 5 rings (SSSR count). The van der Waals surface area contributed by atoms with E-state index in [1.807, 2.05) is 13.8 Å². The first kappa shape index (κ1) is 24.1. The molecule has 3 aromatic rings. The lowest BCUT2D eigenvalue weighted by atomic mass is 10.1. The molecule has 0 bridgehead atoms. The van der Waals surface area contributed by atoms with Gasteiger partial charge < -0.3 is 0 Å². The van der Waals surface area contributed by atoms with Crippen LogP contribution in [0.1, 0.15) is 42.3 Å². The lowest BCUT2D eigenvalue weighted by Crippen LogP contribution is -2.48. The predicted molar refractivity (Wildman–Crippen MR) is 130 cm³/mol. The zero-order valence-corrected chi connectivity index (χ0v) is 21.1. The van der Waals surface area contributed by atoms with Crippen molar-refractivity contribution < 1.29 is 22.0 Å². The average Bonchev–Trinajstić information content (AvgIpc) is 3.35. The number of rotatable bonds is 5. The normalized spacial score (nSPS) is 17.2. The Kier molecular flexibility index (Phi) is 5.33. The summed E-state index contributed by atoms with van der Waals surface area (Å²) < 4.78 is 56.4. The highest BCUT2D eigenvalue weighted by Gasteiger charge is 2.47. The quantitative estimate of drug-likeness (QED) is 0.516. The zero-order chi connectivity index (χ0) is 26.0. The fourth-order valence-electron chi connectivity index (χ4n) is 4.49. The van der Waals surface area contributed by atoms with Crippen LogP contribution in [0.2, 0.25) is 0 Å². The number of guanidine groups is 1. The predicted octanol–water partition coefficient (Wildman–Crippen LogP) is 3.92. The van der Waals surface area contributed by atoms with Gasteiger partial charge in [-0.25, -0.2) is 26.9 Å². The molecule has 188 valence electrons. The molecule has 0 atom stereocenters. The van der Waals surface area contributed by atoms with Crippen molar-refractivity contribution in [3.05, 3.63) is 71.3 Å². The summed E-state index contributed by atoms with van der Waals surface area (Å²) in [6, 6.07) is 13.4. The Morgan fingerprint density at radius 2 is 1.69 bits per heavy atom. The first-order valence-corrected chi connectivity index (χ1v) is 12.8. The molecule has 0 unspecified atom stereocenters. The van der Waals surface area contributed by atoms with Crippen LogP contribution in [-0.4, -0.2) is 54.1 Å². The highest BCUT2D eigenvalue weighted by molar-refractivity contribution is 7.91. The van der Waals surface area contributed by atoms with E-state index in [-0.39, 0.29) is 33.4 Å². The Labute approximate surface area is 207 Å². The van der Waals surface area contributed by atoms with Gasteiger partial charge in [-0.05, 0) is 31.5 Å². The monoisotopic (exact) mass is 513 g/mol. The first-order valence-electron chi connectivity index (χ1n) is 11.3. The molecule has 11 heteroatoms. The Morgan fingerprint density at radius 1 is 1.06 bits per heavy atom. The van der Waals surface area contributed by atoms with Crippen LogP contribution in [0.3, 0.4) is 0 Å². The standard InChI is InChI=1S/C25H25F2N5O3S/c1-24(2)15-31-20-19(21(33)30(4)23(31)28-24)22(36(34,35)18-8-6-5-7-9-18)32(29-20)14-16-10-12-17(13-11-16)25(3,26)27/h5-13H,14-15H2,1-4H3. The van der Waals surface area contributed by atoms with E-state index >= 15 is 0 Å². The maximum atomic E-state index is 13.9. The second-order valence-electron chi connectivity index (χ2n) is 9.74. The minimum atomic E-state index is -4.17. The van der Waals surface area contributed by atoms with Crippen molar-refractivity contribution in [2.45, 2.75) is 48.7 Å². The lowest BCUT2D eigenvalue weighted by molar-refractivity contribution is 0.0174. The summed E-state index contributed by atoms with van der Waals surface area (Å²) in [5.74, 6) is -2.91. The molecule has 0 radical (unpaired) electrons. The number of fused-ring (bicyclic) bond motifs is 3.